The molecule has 12 nitrogen and oxygen atoms in total. The number of aromatic amines is 4. The highest BCUT2D eigenvalue weighted by molar-refractivity contribution is 7.22. The number of likely N-dealkylation sites (tertiary alicyclic amines) is 2. The molecule has 0 saturated carbocycles. The fourth-order valence-corrected chi connectivity index (χ4v) is 10.6. The molecule has 248 valence electrons. The van der Waals surface area contributed by atoms with Crippen LogP contribution in [-0.2, 0) is 25.7 Å². The summed E-state index contributed by atoms with van der Waals surface area (Å²) in [5.41, 5.74) is 8.89. The highest BCUT2D eigenvalue weighted by Gasteiger charge is 2.30. The molecule has 0 unspecified atom stereocenters. The summed E-state index contributed by atoms with van der Waals surface area (Å²) in [5, 5.41) is 14.6. The van der Waals surface area contributed by atoms with Gasteiger partial charge >= 0.3 is 0 Å². The van der Waals surface area contributed by atoms with Gasteiger partial charge in [0.25, 0.3) is 11.1 Å². The summed E-state index contributed by atoms with van der Waals surface area (Å²) in [6.07, 6.45) is 14.2. The lowest BCUT2D eigenvalue weighted by molar-refractivity contribution is 0.306. The van der Waals surface area contributed by atoms with Crippen LogP contribution >= 0.6 is 22.7 Å². The van der Waals surface area contributed by atoms with E-state index in [1.165, 1.54) is 32.3 Å². The molecule has 2 saturated heterocycles. The first-order valence-corrected chi connectivity index (χ1v) is 18.6. The van der Waals surface area contributed by atoms with Crippen molar-refractivity contribution in [1.29, 1.82) is 0 Å². The molecule has 6 aromatic heterocycles. The number of hydrogen-bond acceptors (Lipinski definition) is 10. The fraction of sp³-hybridized carbons (Fsp3) is 0.471. The Balaban J connectivity index is 0.000000131. The van der Waals surface area contributed by atoms with Crippen LogP contribution < -0.4 is 11.1 Å². The second kappa shape index (κ2) is 11.9. The maximum absolute atomic E-state index is 12.7. The van der Waals surface area contributed by atoms with E-state index in [9.17, 15) is 9.59 Å². The highest BCUT2D eigenvalue weighted by Crippen LogP contribution is 2.42. The number of hydrogen-bond donors (Lipinski definition) is 4. The van der Waals surface area contributed by atoms with Gasteiger partial charge < -0.3 is 9.97 Å². The van der Waals surface area contributed by atoms with E-state index in [1.807, 2.05) is 12.4 Å². The minimum absolute atomic E-state index is 0.00146. The summed E-state index contributed by atoms with van der Waals surface area (Å²) in [4.78, 5) is 48.2. The molecule has 4 N–H and O–H groups in total. The van der Waals surface area contributed by atoms with Crippen molar-refractivity contribution in [2.24, 2.45) is 0 Å². The largest absolute Gasteiger partial charge is 0.308 e. The number of H-pyrrole nitrogens is 4. The van der Waals surface area contributed by atoms with Crippen molar-refractivity contribution < 1.29 is 0 Å². The van der Waals surface area contributed by atoms with Crippen molar-refractivity contribution in [3.63, 3.8) is 0 Å². The predicted molar refractivity (Wildman–Crippen MR) is 189 cm³/mol. The van der Waals surface area contributed by atoms with E-state index in [0.717, 1.165) is 121 Å². The Kier molecular flexibility index (Phi) is 7.44. The Bertz CT molecular complexity index is 2130. The number of rotatable bonds is 2. The molecule has 2 aliphatic heterocycles. The van der Waals surface area contributed by atoms with Gasteiger partial charge in [0, 0.05) is 32.3 Å². The second-order valence-corrected chi connectivity index (χ2v) is 15.6. The van der Waals surface area contributed by atoms with E-state index >= 15 is 0 Å². The number of thiophene rings is 2. The third kappa shape index (κ3) is 4.91. The molecule has 4 aliphatic rings. The van der Waals surface area contributed by atoms with Crippen molar-refractivity contribution >= 4 is 43.1 Å². The molecular weight excluding hydrogens is 645 g/mol. The van der Waals surface area contributed by atoms with E-state index in [4.69, 9.17) is 9.97 Å². The predicted octanol–water partition coefficient (Wildman–Crippen LogP) is 5.26. The van der Waals surface area contributed by atoms with Gasteiger partial charge in [0.15, 0.2) is 0 Å². The molecule has 2 fully saturated rings. The Hall–Kier alpha value is -3.98. The molecule has 2 atom stereocenters. The first-order chi connectivity index (χ1) is 23.4. The van der Waals surface area contributed by atoms with Crippen molar-refractivity contribution in [2.75, 3.05) is 27.2 Å². The molecule has 14 heteroatoms. The average molecular weight is 683 g/mol. The van der Waals surface area contributed by atoms with Crippen LogP contribution in [0.5, 0.6) is 0 Å². The van der Waals surface area contributed by atoms with Gasteiger partial charge in [-0.25, -0.2) is 9.97 Å². The molecule has 48 heavy (non-hydrogen) atoms. The first kappa shape index (κ1) is 30.1. The van der Waals surface area contributed by atoms with Gasteiger partial charge in [-0.1, -0.05) is 0 Å². The van der Waals surface area contributed by atoms with E-state index in [0.29, 0.717) is 0 Å². The number of fused-ring (bicyclic) bond motifs is 10. The van der Waals surface area contributed by atoms with Gasteiger partial charge in [-0.15, -0.1) is 22.7 Å². The smallest absolute Gasteiger partial charge is 0.268 e. The van der Waals surface area contributed by atoms with Crippen LogP contribution in [0.4, 0.5) is 0 Å². The standard InChI is InChI=1S/2C17H19N5OS/c2*1-22-7-3-6-12(22)16-19-13-9-4-2-5-11-10(8-18-21-11)14(9)24-15(13)17(23)20-16/h2*8,12H,2-7H2,1H3,(H,18,21)(H,19,20,23)/t2*12-/m10/s1. The summed E-state index contributed by atoms with van der Waals surface area (Å²) < 4.78 is 1.50. The Labute approximate surface area is 284 Å². The monoisotopic (exact) mass is 682 g/mol. The average Bonchev–Trinajstić information content (AvgIpc) is 3.92. The minimum Gasteiger partial charge on any atom is -0.308 e. The van der Waals surface area contributed by atoms with Crippen LogP contribution in [-0.4, -0.2) is 77.3 Å². The molecule has 10 rings (SSSR count). The third-order valence-electron chi connectivity index (χ3n) is 10.6. The zero-order chi connectivity index (χ0) is 32.5. The first-order valence-electron chi connectivity index (χ1n) is 17.0. The minimum atomic E-state index is -0.00146. The SMILES string of the molecule is CN1CCC[C@@H]1c1nc2c3c(sc2c(=O)[nH]1)-c1cn[nH]c1CCC3.CN1CCC[C@H]1c1nc2c3c(sc2c(=O)[nH]1)-c1cn[nH]c1CCC3. The Morgan fingerprint density at radius 1 is 0.667 bits per heavy atom. The van der Waals surface area contributed by atoms with Gasteiger partial charge in [-0.05, 0) is 103 Å². The van der Waals surface area contributed by atoms with E-state index in [-0.39, 0.29) is 23.2 Å². The van der Waals surface area contributed by atoms with Gasteiger partial charge in [-0.3, -0.25) is 29.6 Å². The van der Waals surface area contributed by atoms with Crippen LogP contribution in [0.25, 0.3) is 41.3 Å². The van der Waals surface area contributed by atoms with Crippen LogP contribution in [0.2, 0.25) is 0 Å². The number of aromatic nitrogens is 8. The lowest BCUT2D eigenvalue weighted by atomic mass is 10.1. The van der Waals surface area contributed by atoms with Crippen LogP contribution in [0, 0.1) is 0 Å². The third-order valence-corrected chi connectivity index (χ3v) is 13.1. The topological polar surface area (TPSA) is 155 Å². The molecule has 0 radical (unpaired) electrons. The molecule has 2 aliphatic carbocycles. The zero-order valence-corrected chi connectivity index (χ0v) is 28.7. The zero-order valence-electron chi connectivity index (χ0n) is 27.1. The number of nitrogens with one attached hydrogen (secondary N) is 4. The highest BCUT2D eigenvalue weighted by atomic mass is 32.1. The van der Waals surface area contributed by atoms with Gasteiger partial charge in [0.1, 0.15) is 21.0 Å². The van der Waals surface area contributed by atoms with Gasteiger partial charge in [-0.2, -0.15) is 10.2 Å². The summed E-state index contributed by atoms with van der Waals surface area (Å²) in [6, 6.07) is 0.459. The maximum Gasteiger partial charge on any atom is 0.268 e. The Morgan fingerprint density at radius 2 is 1.12 bits per heavy atom. The van der Waals surface area contributed by atoms with Crippen molar-refractivity contribution in [2.45, 2.75) is 76.3 Å². The molecule has 0 aromatic carbocycles. The summed E-state index contributed by atoms with van der Waals surface area (Å²) in [5.74, 6) is 1.65. The molecule has 0 spiro atoms. The second-order valence-electron chi connectivity index (χ2n) is 13.6. The maximum atomic E-state index is 12.7. The molecular formula is C34H38N10O2S2. The molecule has 6 aromatic rings. The van der Waals surface area contributed by atoms with Crippen molar-refractivity contribution in [3.05, 3.63) is 67.3 Å². The number of aryl methyl sites for hydroxylation is 4. The molecule has 8 heterocycles. The lowest BCUT2D eigenvalue weighted by Gasteiger charge is -2.18. The van der Waals surface area contributed by atoms with E-state index in [1.54, 1.807) is 22.7 Å². The van der Waals surface area contributed by atoms with E-state index < -0.39 is 0 Å². The van der Waals surface area contributed by atoms with Gasteiger partial charge in [0.05, 0.1) is 35.5 Å². The summed E-state index contributed by atoms with van der Waals surface area (Å²) in [7, 11) is 4.21. The molecule has 0 bridgehead atoms. The van der Waals surface area contributed by atoms with Gasteiger partial charge in [0.2, 0.25) is 0 Å². The van der Waals surface area contributed by atoms with Crippen molar-refractivity contribution in [3.8, 4) is 20.9 Å². The van der Waals surface area contributed by atoms with E-state index in [2.05, 4.69) is 54.3 Å². The van der Waals surface area contributed by atoms with Crippen LogP contribution in [0.15, 0.2) is 22.0 Å². The summed E-state index contributed by atoms with van der Waals surface area (Å²) in [6.45, 7) is 2.12. The summed E-state index contributed by atoms with van der Waals surface area (Å²) >= 11 is 3.12. The van der Waals surface area contributed by atoms with Crippen LogP contribution in [0.1, 0.15) is 84.8 Å². The lowest BCUT2D eigenvalue weighted by Crippen LogP contribution is -2.22. The Morgan fingerprint density at radius 3 is 1.54 bits per heavy atom. The van der Waals surface area contributed by atoms with Crippen LogP contribution in [0.3, 0.4) is 0 Å². The normalized spacial score (nSPS) is 21.0. The quantitative estimate of drug-likeness (QED) is 0.193. The van der Waals surface area contributed by atoms with Crippen molar-refractivity contribution in [1.82, 2.24) is 50.1 Å². The molecule has 0 amide bonds. The fourth-order valence-electron chi connectivity index (χ4n) is 8.11. The number of nitrogens with zero attached hydrogens (tertiary/aromatic N) is 6.